The molecule has 0 fully saturated rings. The number of carbonyl (C=O) groups is 1. The fraction of sp³-hybridized carbons (Fsp3) is 0.235. The summed E-state index contributed by atoms with van der Waals surface area (Å²) in [4.78, 5) is 14.1. The van der Waals surface area contributed by atoms with Crippen molar-refractivity contribution in [1.82, 2.24) is 4.90 Å². The smallest absolute Gasteiger partial charge is 0.238 e. The van der Waals surface area contributed by atoms with Gasteiger partial charge in [0.15, 0.2) is 0 Å². The molecule has 2 aromatic rings. The lowest BCUT2D eigenvalue weighted by Crippen LogP contribution is -2.30. The van der Waals surface area contributed by atoms with Crippen LogP contribution in [0.3, 0.4) is 0 Å². The van der Waals surface area contributed by atoms with E-state index in [1.165, 1.54) is 11.1 Å². The first-order valence-corrected chi connectivity index (χ1v) is 7.69. The third kappa shape index (κ3) is 4.73. The molecule has 3 nitrogen and oxygen atoms in total. The Morgan fingerprint density at radius 3 is 2.41 bits per heavy atom. The van der Waals surface area contributed by atoms with Crippen LogP contribution in [0, 0.1) is 6.92 Å². The number of hydrogen-bond donors (Lipinski definition) is 1. The number of aryl methyl sites for hydroxylation is 1. The fourth-order valence-corrected chi connectivity index (χ4v) is 2.71. The third-order valence-electron chi connectivity index (χ3n) is 3.18. The zero-order valence-electron chi connectivity index (χ0n) is 12.6. The highest BCUT2D eigenvalue weighted by Crippen LogP contribution is 2.29. The minimum atomic E-state index is -0.148. The molecule has 5 heteroatoms. The lowest BCUT2D eigenvalue weighted by atomic mass is 10.1. The largest absolute Gasteiger partial charge is 0.322 e. The molecule has 1 amide bonds. The second kappa shape index (κ2) is 7.63. The van der Waals surface area contributed by atoms with Gasteiger partial charge in [0.25, 0.3) is 0 Å². The Bertz CT molecular complexity index is 653. The molecule has 0 saturated heterocycles. The van der Waals surface area contributed by atoms with Crippen LogP contribution in [-0.2, 0) is 11.3 Å². The van der Waals surface area contributed by atoms with Gasteiger partial charge in [-0.15, -0.1) is 0 Å². The van der Waals surface area contributed by atoms with Crippen LogP contribution in [0.1, 0.15) is 11.1 Å². The molecule has 0 aliphatic rings. The Kier molecular flexibility index (Phi) is 5.83. The van der Waals surface area contributed by atoms with Gasteiger partial charge in [0, 0.05) is 6.54 Å². The number of para-hydroxylation sites is 1. The number of carbonyl (C=O) groups excluding carboxylic acids is 1. The number of nitrogens with one attached hydrogen (secondary N) is 1. The van der Waals surface area contributed by atoms with E-state index in [-0.39, 0.29) is 12.5 Å². The van der Waals surface area contributed by atoms with Crippen LogP contribution < -0.4 is 5.32 Å². The van der Waals surface area contributed by atoms with E-state index in [0.717, 1.165) is 0 Å². The molecule has 0 aliphatic carbocycles. The topological polar surface area (TPSA) is 32.3 Å². The lowest BCUT2D eigenvalue weighted by molar-refractivity contribution is -0.117. The zero-order valence-corrected chi connectivity index (χ0v) is 14.1. The van der Waals surface area contributed by atoms with E-state index in [1.54, 1.807) is 18.2 Å². The van der Waals surface area contributed by atoms with Crippen LogP contribution in [0.5, 0.6) is 0 Å². The highest BCUT2D eigenvalue weighted by Gasteiger charge is 2.11. The Hall–Kier alpha value is -1.55. The van der Waals surface area contributed by atoms with E-state index in [9.17, 15) is 4.79 Å². The monoisotopic (exact) mass is 336 g/mol. The number of benzene rings is 2. The van der Waals surface area contributed by atoms with Gasteiger partial charge in [0.2, 0.25) is 5.91 Å². The molecule has 0 radical (unpaired) electrons. The summed E-state index contributed by atoms with van der Waals surface area (Å²) in [5.41, 5.74) is 2.84. The van der Waals surface area contributed by atoms with Gasteiger partial charge < -0.3 is 5.32 Å². The van der Waals surface area contributed by atoms with E-state index < -0.39 is 0 Å². The molecule has 0 bridgehead atoms. The molecule has 0 unspecified atom stereocenters. The van der Waals surface area contributed by atoms with E-state index in [1.807, 2.05) is 24.1 Å². The second-order valence-corrected chi connectivity index (χ2v) is 6.12. The first kappa shape index (κ1) is 16.8. The van der Waals surface area contributed by atoms with Gasteiger partial charge in [-0.3, -0.25) is 9.69 Å². The normalized spacial score (nSPS) is 10.8. The minimum Gasteiger partial charge on any atom is -0.322 e. The maximum atomic E-state index is 12.1. The summed E-state index contributed by atoms with van der Waals surface area (Å²) in [6.45, 7) is 3.01. The van der Waals surface area contributed by atoms with Gasteiger partial charge in [-0.2, -0.15) is 0 Å². The van der Waals surface area contributed by atoms with Gasteiger partial charge in [-0.1, -0.05) is 59.1 Å². The van der Waals surface area contributed by atoms with E-state index in [0.29, 0.717) is 22.3 Å². The van der Waals surface area contributed by atoms with Gasteiger partial charge in [-0.25, -0.2) is 0 Å². The van der Waals surface area contributed by atoms with Crippen LogP contribution in [0.25, 0.3) is 0 Å². The highest BCUT2D eigenvalue weighted by molar-refractivity contribution is 6.39. The molecule has 1 N–H and O–H groups in total. The zero-order chi connectivity index (χ0) is 16.1. The number of anilines is 1. The Morgan fingerprint density at radius 2 is 1.77 bits per heavy atom. The predicted octanol–water partition coefficient (Wildman–Crippen LogP) is 4.37. The molecule has 0 aromatic heterocycles. The van der Waals surface area contributed by atoms with Gasteiger partial charge >= 0.3 is 0 Å². The van der Waals surface area contributed by atoms with E-state index >= 15 is 0 Å². The van der Waals surface area contributed by atoms with E-state index in [4.69, 9.17) is 23.2 Å². The van der Waals surface area contributed by atoms with E-state index in [2.05, 4.69) is 24.4 Å². The minimum absolute atomic E-state index is 0.148. The summed E-state index contributed by atoms with van der Waals surface area (Å²) in [6.07, 6.45) is 0. The fourth-order valence-electron chi connectivity index (χ4n) is 2.22. The molecule has 22 heavy (non-hydrogen) atoms. The number of hydrogen-bond acceptors (Lipinski definition) is 2. The number of likely N-dealkylation sites (N-methyl/N-ethyl adjacent to an activating group) is 1. The second-order valence-electron chi connectivity index (χ2n) is 5.31. The summed E-state index contributed by atoms with van der Waals surface area (Å²) in [5.74, 6) is -0.148. The number of halogens is 2. The first-order chi connectivity index (χ1) is 10.5. The summed E-state index contributed by atoms with van der Waals surface area (Å²) in [6, 6.07) is 13.4. The summed E-state index contributed by atoms with van der Waals surface area (Å²) < 4.78 is 0. The van der Waals surface area contributed by atoms with Crippen molar-refractivity contribution < 1.29 is 4.79 Å². The summed E-state index contributed by atoms with van der Waals surface area (Å²) in [5, 5.41) is 3.63. The Labute approximate surface area is 140 Å². The SMILES string of the molecule is Cc1cccc(CN(C)CC(=O)Nc2c(Cl)cccc2Cl)c1. The molecule has 2 aromatic carbocycles. The molecule has 2 rings (SSSR count). The van der Waals surface area contributed by atoms with Gasteiger partial charge in [0.05, 0.1) is 22.3 Å². The number of rotatable bonds is 5. The number of nitrogens with zero attached hydrogens (tertiary/aromatic N) is 1. The molecular formula is C17H18Cl2N2O. The first-order valence-electron chi connectivity index (χ1n) is 6.93. The van der Waals surface area contributed by atoms with Crippen molar-refractivity contribution in [2.24, 2.45) is 0 Å². The molecule has 0 atom stereocenters. The molecule has 0 heterocycles. The quantitative estimate of drug-likeness (QED) is 0.879. The Morgan fingerprint density at radius 1 is 1.14 bits per heavy atom. The maximum Gasteiger partial charge on any atom is 0.238 e. The lowest BCUT2D eigenvalue weighted by Gasteiger charge is -2.17. The molecule has 116 valence electrons. The Balaban J connectivity index is 1.94. The van der Waals surface area contributed by atoms with Crippen LogP contribution in [0.15, 0.2) is 42.5 Å². The predicted molar refractivity (Wildman–Crippen MR) is 92.6 cm³/mol. The van der Waals surface area contributed by atoms with Crippen LogP contribution >= 0.6 is 23.2 Å². The highest BCUT2D eigenvalue weighted by atomic mass is 35.5. The van der Waals surface area contributed by atoms with Crippen molar-refractivity contribution in [2.75, 3.05) is 18.9 Å². The van der Waals surface area contributed by atoms with Crippen molar-refractivity contribution in [2.45, 2.75) is 13.5 Å². The van der Waals surface area contributed by atoms with Crippen molar-refractivity contribution >= 4 is 34.8 Å². The molecule has 0 saturated carbocycles. The summed E-state index contributed by atoms with van der Waals surface area (Å²) in [7, 11) is 1.90. The average molecular weight is 337 g/mol. The van der Waals surface area contributed by atoms with Crippen LogP contribution in [0.4, 0.5) is 5.69 Å². The van der Waals surface area contributed by atoms with Crippen LogP contribution in [0.2, 0.25) is 10.0 Å². The van der Waals surface area contributed by atoms with Crippen molar-refractivity contribution in [3.63, 3.8) is 0 Å². The number of amides is 1. The molecular weight excluding hydrogens is 319 g/mol. The molecule has 0 spiro atoms. The van der Waals surface area contributed by atoms with Gasteiger partial charge in [0.1, 0.15) is 0 Å². The standard InChI is InChI=1S/C17H18Cl2N2O/c1-12-5-3-6-13(9-12)10-21(2)11-16(22)20-17-14(18)7-4-8-15(17)19/h3-9H,10-11H2,1-2H3,(H,20,22). The molecule has 0 aliphatic heterocycles. The van der Waals surface area contributed by atoms with Crippen molar-refractivity contribution in [1.29, 1.82) is 0 Å². The van der Waals surface area contributed by atoms with Gasteiger partial charge in [-0.05, 0) is 31.7 Å². The van der Waals surface area contributed by atoms with Crippen LogP contribution in [-0.4, -0.2) is 24.4 Å². The van der Waals surface area contributed by atoms with Crippen molar-refractivity contribution in [3.05, 3.63) is 63.6 Å². The maximum absolute atomic E-state index is 12.1. The summed E-state index contributed by atoms with van der Waals surface area (Å²) >= 11 is 12.1. The average Bonchev–Trinajstić information content (AvgIpc) is 2.43. The van der Waals surface area contributed by atoms with Crippen molar-refractivity contribution in [3.8, 4) is 0 Å². The third-order valence-corrected chi connectivity index (χ3v) is 3.81.